The fourth-order valence-electron chi connectivity index (χ4n) is 1.64. The van der Waals surface area contributed by atoms with E-state index in [4.69, 9.17) is 20.3 Å². The average Bonchev–Trinajstić information content (AvgIpc) is 2.49. The van der Waals surface area contributed by atoms with E-state index in [-0.39, 0.29) is 6.61 Å². The van der Waals surface area contributed by atoms with E-state index in [0.29, 0.717) is 11.5 Å². The van der Waals surface area contributed by atoms with Gasteiger partial charge in [0.25, 0.3) is 5.91 Å². The van der Waals surface area contributed by atoms with E-state index in [2.05, 4.69) is 5.32 Å². The van der Waals surface area contributed by atoms with Gasteiger partial charge in [0, 0.05) is 0 Å². The zero-order valence-electron chi connectivity index (χ0n) is 12.1. The number of carbonyl (C=O) groups is 2. The van der Waals surface area contributed by atoms with Gasteiger partial charge in [0.15, 0.2) is 18.1 Å². The summed E-state index contributed by atoms with van der Waals surface area (Å²) in [7, 11) is 1.51. The second-order valence-electron chi connectivity index (χ2n) is 4.33. The maximum atomic E-state index is 11.6. The van der Waals surface area contributed by atoms with Crippen LogP contribution in [0.4, 0.5) is 0 Å². The third-order valence-corrected chi connectivity index (χ3v) is 2.86. The summed E-state index contributed by atoms with van der Waals surface area (Å²) in [6.45, 7) is 1.14. The smallest absolute Gasteiger partial charge is 0.258 e. The van der Waals surface area contributed by atoms with Gasteiger partial charge < -0.3 is 25.6 Å². The number of nitrogens with two attached hydrogens (primary N) is 1. The standard InChI is InChI=1S/C14H20N2O5/c1-3-9-4-5-11(12(6-9)20-2)21-8-13(18)16-10(7-17)14(15)19/h4-6,10,17H,3,7-8H2,1-2H3,(H2,15,19)(H,16,18). The molecule has 0 aliphatic heterocycles. The van der Waals surface area contributed by atoms with Crippen LogP contribution in [0.2, 0.25) is 0 Å². The van der Waals surface area contributed by atoms with Crippen molar-refractivity contribution in [3.05, 3.63) is 23.8 Å². The lowest BCUT2D eigenvalue weighted by Gasteiger charge is -2.14. The van der Waals surface area contributed by atoms with E-state index in [9.17, 15) is 9.59 Å². The number of methoxy groups -OCH3 is 1. The molecule has 0 heterocycles. The molecule has 0 spiro atoms. The van der Waals surface area contributed by atoms with Gasteiger partial charge in [-0.15, -0.1) is 0 Å². The zero-order valence-corrected chi connectivity index (χ0v) is 12.1. The maximum Gasteiger partial charge on any atom is 0.258 e. The first-order valence-electron chi connectivity index (χ1n) is 6.51. The highest BCUT2D eigenvalue weighted by molar-refractivity contribution is 5.87. The van der Waals surface area contributed by atoms with Crippen LogP contribution in [-0.2, 0) is 16.0 Å². The molecule has 1 atom stereocenters. The van der Waals surface area contributed by atoms with Crippen molar-refractivity contribution in [2.24, 2.45) is 5.73 Å². The molecule has 1 aromatic carbocycles. The van der Waals surface area contributed by atoms with Crippen LogP contribution in [-0.4, -0.2) is 43.3 Å². The number of benzene rings is 1. The number of aliphatic hydroxyl groups excluding tert-OH is 1. The van der Waals surface area contributed by atoms with Gasteiger partial charge in [-0.25, -0.2) is 0 Å². The molecule has 21 heavy (non-hydrogen) atoms. The van der Waals surface area contributed by atoms with Gasteiger partial charge in [0.05, 0.1) is 13.7 Å². The first-order valence-corrected chi connectivity index (χ1v) is 6.51. The Bertz CT molecular complexity index is 504. The van der Waals surface area contributed by atoms with E-state index in [1.165, 1.54) is 7.11 Å². The molecule has 0 saturated carbocycles. The molecular formula is C14H20N2O5. The Labute approximate surface area is 123 Å². The molecule has 0 aliphatic carbocycles. The van der Waals surface area contributed by atoms with Crippen molar-refractivity contribution in [1.82, 2.24) is 5.32 Å². The number of primary amides is 1. The van der Waals surface area contributed by atoms with Crippen molar-refractivity contribution in [2.75, 3.05) is 20.3 Å². The third kappa shape index (κ3) is 4.96. The molecule has 0 saturated heterocycles. The van der Waals surface area contributed by atoms with Crippen molar-refractivity contribution < 1.29 is 24.2 Å². The van der Waals surface area contributed by atoms with Crippen molar-refractivity contribution in [3.8, 4) is 11.5 Å². The van der Waals surface area contributed by atoms with Gasteiger partial charge >= 0.3 is 0 Å². The molecule has 2 amide bonds. The Morgan fingerprint density at radius 3 is 2.62 bits per heavy atom. The Kier molecular flexibility index (Phi) is 6.48. The number of aliphatic hydroxyl groups is 1. The summed E-state index contributed by atoms with van der Waals surface area (Å²) < 4.78 is 10.5. The largest absolute Gasteiger partial charge is 0.493 e. The second-order valence-corrected chi connectivity index (χ2v) is 4.33. The summed E-state index contributed by atoms with van der Waals surface area (Å²) in [6, 6.07) is 4.29. The number of nitrogens with one attached hydrogen (secondary N) is 1. The molecule has 0 bridgehead atoms. The zero-order chi connectivity index (χ0) is 15.8. The topological polar surface area (TPSA) is 111 Å². The molecule has 0 aromatic heterocycles. The molecule has 1 aromatic rings. The Balaban J connectivity index is 2.62. The molecule has 0 radical (unpaired) electrons. The predicted molar refractivity (Wildman–Crippen MR) is 76.1 cm³/mol. The van der Waals surface area contributed by atoms with Gasteiger partial charge in [-0.3, -0.25) is 9.59 Å². The monoisotopic (exact) mass is 296 g/mol. The Hall–Kier alpha value is -2.28. The van der Waals surface area contributed by atoms with E-state index in [1.54, 1.807) is 6.07 Å². The van der Waals surface area contributed by atoms with Crippen molar-refractivity contribution in [2.45, 2.75) is 19.4 Å². The van der Waals surface area contributed by atoms with Crippen LogP contribution < -0.4 is 20.5 Å². The van der Waals surface area contributed by atoms with Crippen molar-refractivity contribution in [1.29, 1.82) is 0 Å². The summed E-state index contributed by atoms with van der Waals surface area (Å²) >= 11 is 0. The summed E-state index contributed by atoms with van der Waals surface area (Å²) in [5.41, 5.74) is 6.09. The molecule has 116 valence electrons. The minimum Gasteiger partial charge on any atom is -0.493 e. The number of carbonyl (C=O) groups excluding carboxylic acids is 2. The van der Waals surface area contributed by atoms with Crippen LogP contribution in [0.25, 0.3) is 0 Å². The van der Waals surface area contributed by atoms with E-state index in [1.807, 2.05) is 19.1 Å². The maximum absolute atomic E-state index is 11.6. The van der Waals surface area contributed by atoms with Crippen LogP contribution in [0, 0.1) is 0 Å². The number of hydrogen-bond donors (Lipinski definition) is 3. The predicted octanol–water partition coefficient (Wildman–Crippen LogP) is -0.401. The van der Waals surface area contributed by atoms with Crippen LogP contribution in [0.3, 0.4) is 0 Å². The molecule has 0 fully saturated rings. The Morgan fingerprint density at radius 1 is 1.38 bits per heavy atom. The molecule has 7 nitrogen and oxygen atoms in total. The number of amides is 2. The van der Waals surface area contributed by atoms with Crippen LogP contribution in [0.15, 0.2) is 18.2 Å². The van der Waals surface area contributed by atoms with Crippen molar-refractivity contribution >= 4 is 11.8 Å². The lowest BCUT2D eigenvalue weighted by atomic mass is 10.1. The SMILES string of the molecule is CCc1ccc(OCC(=O)NC(CO)C(N)=O)c(OC)c1. The van der Waals surface area contributed by atoms with Gasteiger partial charge in [0.2, 0.25) is 5.91 Å². The van der Waals surface area contributed by atoms with E-state index in [0.717, 1.165) is 12.0 Å². The number of aryl methyl sites for hydroxylation is 1. The normalized spacial score (nSPS) is 11.6. The molecule has 7 heteroatoms. The third-order valence-electron chi connectivity index (χ3n) is 2.86. The molecule has 1 unspecified atom stereocenters. The van der Waals surface area contributed by atoms with Crippen molar-refractivity contribution in [3.63, 3.8) is 0 Å². The minimum absolute atomic E-state index is 0.314. The number of rotatable bonds is 8. The second kappa shape index (κ2) is 8.11. The number of ether oxygens (including phenoxy) is 2. The van der Waals surface area contributed by atoms with Crippen LogP contribution >= 0.6 is 0 Å². The van der Waals surface area contributed by atoms with Crippen LogP contribution in [0.1, 0.15) is 12.5 Å². The summed E-state index contributed by atoms with van der Waals surface area (Å²) in [4.78, 5) is 22.5. The highest BCUT2D eigenvalue weighted by Gasteiger charge is 2.17. The molecule has 0 aliphatic rings. The fourth-order valence-corrected chi connectivity index (χ4v) is 1.64. The molecular weight excluding hydrogens is 276 g/mol. The minimum atomic E-state index is -1.12. The quantitative estimate of drug-likeness (QED) is 0.604. The van der Waals surface area contributed by atoms with Gasteiger partial charge in [0.1, 0.15) is 6.04 Å². The fraction of sp³-hybridized carbons (Fsp3) is 0.429. The lowest BCUT2D eigenvalue weighted by molar-refractivity contribution is -0.129. The lowest BCUT2D eigenvalue weighted by Crippen LogP contribution is -2.48. The highest BCUT2D eigenvalue weighted by atomic mass is 16.5. The van der Waals surface area contributed by atoms with E-state index >= 15 is 0 Å². The summed E-state index contributed by atoms with van der Waals surface area (Å²) in [6.07, 6.45) is 0.855. The van der Waals surface area contributed by atoms with Gasteiger partial charge in [-0.1, -0.05) is 13.0 Å². The first kappa shape index (κ1) is 16.8. The van der Waals surface area contributed by atoms with Gasteiger partial charge in [-0.05, 0) is 24.1 Å². The Morgan fingerprint density at radius 2 is 2.10 bits per heavy atom. The van der Waals surface area contributed by atoms with E-state index < -0.39 is 24.5 Å². The number of hydrogen-bond acceptors (Lipinski definition) is 5. The summed E-state index contributed by atoms with van der Waals surface area (Å²) in [5, 5.41) is 11.2. The molecule has 4 N–H and O–H groups in total. The van der Waals surface area contributed by atoms with Crippen LogP contribution in [0.5, 0.6) is 11.5 Å². The average molecular weight is 296 g/mol. The molecule has 1 rings (SSSR count). The highest BCUT2D eigenvalue weighted by Crippen LogP contribution is 2.28. The first-order chi connectivity index (χ1) is 10.0. The van der Waals surface area contributed by atoms with Gasteiger partial charge in [-0.2, -0.15) is 0 Å². The summed E-state index contributed by atoms with van der Waals surface area (Å²) in [5.74, 6) is -0.426.